The smallest absolute Gasteiger partial charge is 0.319 e. The zero-order valence-corrected chi connectivity index (χ0v) is 18.3. The first kappa shape index (κ1) is 20.9. The summed E-state index contributed by atoms with van der Waals surface area (Å²) in [4.78, 5) is 38.5. The number of hydrogen-bond donors (Lipinski definition) is 2. The molecule has 1 aliphatic heterocycles. The van der Waals surface area contributed by atoms with Crippen LogP contribution in [0.15, 0.2) is 30.5 Å². The Morgan fingerprint density at radius 2 is 1.74 bits per heavy atom. The van der Waals surface area contributed by atoms with Crippen LogP contribution in [0, 0.1) is 0 Å². The number of nitrogens with one attached hydrogen (secondary N) is 2. The van der Waals surface area contributed by atoms with E-state index < -0.39 is 0 Å². The molecule has 1 aromatic carbocycles. The number of aromatic nitrogens is 2. The molecule has 0 spiro atoms. The number of nitrogens with zero attached hydrogens (tertiary/aromatic N) is 5. The van der Waals surface area contributed by atoms with Crippen molar-refractivity contribution in [1.82, 2.24) is 19.8 Å². The van der Waals surface area contributed by atoms with Crippen molar-refractivity contribution in [3.8, 4) is 0 Å². The highest BCUT2D eigenvalue weighted by Crippen LogP contribution is 2.27. The highest BCUT2D eigenvalue weighted by Gasteiger charge is 2.24. The molecule has 2 heterocycles. The van der Waals surface area contributed by atoms with E-state index in [1.807, 2.05) is 17.0 Å². The molecule has 1 saturated heterocycles. The van der Waals surface area contributed by atoms with Gasteiger partial charge in [0.2, 0.25) is 5.95 Å². The largest absolute Gasteiger partial charge is 0.368 e. The summed E-state index contributed by atoms with van der Waals surface area (Å²) < 4.78 is 0. The third-order valence-electron chi connectivity index (χ3n) is 5.51. The van der Waals surface area contributed by atoms with Gasteiger partial charge in [0.1, 0.15) is 5.82 Å². The second-order valence-corrected chi connectivity index (χ2v) is 8.25. The zero-order valence-electron chi connectivity index (χ0n) is 18.3. The molecular formula is C22H29N7O2. The summed E-state index contributed by atoms with van der Waals surface area (Å²) in [5.41, 5.74) is 2.50. The number of rotatable bonds is 6. The van der Waals surface area contributed by atoms with Crippen LogP contribution in [0.1, 0.15) is 30.1 Å². The minimum atomic E-state index is -0.0496. The lowest BCUT2D eigenvalue weighted by Gasteiger charge is -2.37. The Bertz CT molecular complexity index is 949. The van der Waals surface area contributed by atoms with Crippen LogP contribution in [0.5, 0.6) is 0 Å². The van der Waals surface area contributed by atoms with Gasteiger partial charge in [-0.1, -0.05) is 0 Å². The first-order valence-corrected chi connectivity index (χ1v) is 10.6. The van der Waals surface area contributed by atoms with Crippen molar-refractivity contribution >= 4 is 35.0 Å². The van der Waals surface area contributed by atoms with Crippen LogP contribution in [0.25, 0.3) is 0 Å². The lowest BCUT2D eigenvalue weighted by Crippen LogP contribution is -2.51. The Kier molecular flexibility index (Phi) is 5.92. The molecule has 2 amide bonds. The normalized spacial score (nSPS) is 16.1. The predicted octanol–water partition coefficient (Wildman–Crippen LogP) is 2.80. The monoisotopic (exact) mass is 423 g/mol. The number of Topliss-reactive ketones (excluding diaryl/α,β-unsaturated/α-hetero) is 1. The van der Waals surface area contributed by atoms with Crippen LogP contribution in [0.2, 0.25) is 0 Å². The molecule has 1 saturated carbocycles. The van der Waals surface area contributed by atoms with Crippen molar-refractivity contribution in [2.24, 2.45) is 0 Å². The summed E-state index contributed by atoms with van der Waals surface area (Å²) in [5, 5.41) is 6.53. The molecule has 1 aliphatic carbocycles. The Morgan fingerprint density at radius 1 is 1.06 bits per heavy atom. The molecular weight excluding hydrogens is 394 g/mol. The summed E-state index contributed by atoms with van der Waals surface area (Å²) in [6.45, 7) is 4.56. The van der Waals surface area contributed by atoms with E-state index in [9.17, 15) is 9.59 Å². The molecule has 1 aromatic heterocycles. The molecule has 2 fully saturated rings. The average molecular weight is 424 g/mol. The van der Waals surface area contributed by atoms with Gasteiger partial charge < -0.3 is 25.3 Å². The minimum Gasteiger partial charge on any atom is -0.368 e. The third kappa shape index (κ3) is 5.04. The fourth-order valence-corrected chi connectivity index (χ4v) is 3.55. The van der Waals surface area contributed by atoms with Gasteiger partial charge in [0.15, 0.2) is 5.78 Å². The zero-order chi connectivity index (χ0) is 22.0. The maximum Gasteiger partial charge on any atom is 0.319 e. The number of anilines is 4. The highest BCUT2D eigenvalue weighted by atomic mass is 16.2. The number of hydrogen-bond acceptors (Lipinski definition) is 7. The van der Waals surface area contributed by atoms with Gasteiger partial charge in [0.05, 0.1) is 5.56 Å². The summed E-state index contributed by atoms with van der Waals surface area (Å²) >= 11 is 0. The molecule has 9 nitrogen and oxygen atoms in total. The molecule has 9 heteroatoms. The fraction of sp³-hybridized carbons (Fsp3) is 0.455. The highest BCUT2D eigenvalue weighted by molar-refractivity contribution is 5.98. The van der Waals surface area contributed by atoms with Crippen molar-refractivity contribution < 1.29 is 9.59 Å². The number of amides is 2. The van der Waals surface area contributed by atoms with Gasteiger partial charge in [-0.3, -0.25) is 4.79 Å². The second-order valence-electron chi connectivity index (χ2n) is 8.25. The fourth-order valence-electron chi connectivity index (χ4n) is 3.55. The average Bonchev–Trinajstić information content (AvgIpc) is 3.58. The van der Waals surface area contributed by atoms with Gasteiger partial charge in [-0.15, -0.1) is 0 Å². The van der Waals surface area contributed by atoms with E-state index in [0.717, 1.165) is 37.3 Å². The first-order chi connectivity index (χ1) is 14.9. The second kappa shape index (κ2) is 8.79. The van der Waals surface area contributed by atoms with E-state index >= 15 is 0 Å². The maximum atomic E-state index is 12.1. The number of ketones is 1. The Balaban J connectivity index is 1.39. The Morgan fingerprint density at radius 3 is 2.32 bits per heavy atom. The Labute approximate surface area is 182 Å². The van der Waals surface area contributed by atoms with Crippen molar-refractivity contribution in [2.75, 3.05) is 55.8 Å². The van der Waals surface area contributed by atoms with Crippen LogP contribution in [0.3, 0.4) is 0 Å². The molecule has 4 rings (SSSR count). The number of piperazine rings is 1. The van der Waals surface area contributed by atoms with E-state index in [2.05, 4.69) is 37.6 Å². The number of carbonyl (C=O) groups is 2. The lowest BCUT2D eigenvalue weighted by atomic mass is 10.2. The van der Waals surface area contributed by atoms with Gasteiger partial charge in [-0.25, -0.2) is 9.78 Å². The summed E-state index contributed by atoms with van der Waals surface area (Å²) in [6.07, 6.45) is 3.78. The predicted molar refractivity (Wildman–Crippen MR) is 121 cm³/mol. The lowest BCUT2D eigenvalue weighted by molar-refractivity contribution is 0.101. The first-order valence-electron chi connectivity index (χ1n) is 10.6. The van der Waals surface area contributed by atoms with E-state index in [-0.39, 0.29) is 11.8 Å². The van der Waals surface area contributed by atoms with Crippen LogP contribution in [0.4, 0.5) is 27.9 Å². The third-order valence-corrected chi connectivity index (χ3v) is 5.51. The summed E-state index contributed by atoms with van der Waals surface area (Å²) in [6, 6.07) is 8.54. The van der Waals surface area contributed by atoms with E-state index in [1.165, 1.54) is 6.92 Å². The van der Waals surface area contributed by atoms with E-state index in [1.54, 1.807) is 25.2 Å². The minimum absolute atomic E-state index is 0.0496. The van der Waals surface area contributed by atoms with Gasteiger partial charge >= 0.3 is 6.03 Å². The summed E-state index contributed by atoms with van der Waals surface area (Å²) in [5.74, 6) is 0.998. The van der Waals surface area contributed by atoms with Crippen LogP contribution in [-0.2, 0) is 0 Å². The molecule has 0 bridgehead atoms. The molecule has 2 N–H and O–H groups in total. The van der Waals surface area contributed by atoms with Crippen LogP contribution in [-0.4, -0.2) is 77.9 Å². The molecule has 2 aromatic rings. The molecule has 164 valence electrons. The number of carbonyl (C=O) groups excluding carboxylic acids is 2. The number of urea groups is 1. The Hall–Kier alpha value is -3.36. The van der Waals surface area contributed by atoms with Gasteiger partial charge in [0, 0.05) is 63.9 Å². The molecule has 31 heavy (non-hydrogen) atoms. The van der Waals surface area contributed by atoms with E-state index in [0.29, 0.717) is 36.5 Å². The molecule has 0 unspecified atom stereocenters. The van der Waals surface area contributed by atoms with Gasteiger partial charge in [0.25, 0.3) is 0 Å². The molecule has 0 atom stereocenters. The number of benzene rings is 1. The topological polar surface area (TPSA) is 93.7 Å². The van der Waals surface area contributed by atoms with Crippen molar-refractivity contribution in [2.45, 2.75) is 25.8 Å². The summed E-state index contributed by atoms with van der Waals surface area (Å²) in [7, 11) is 3.56. The van der Waals surface area contributed by atoms with Crippen LogP contribution >= 0.6 is 0 Å². The van der Waals surface area contributed by atoms with Crippen molar-refractivity contribution in [3.05, 3.63) is 36.0 Å². The quantitative estimate of drug-likeness (QED) is 0.690. The van der Waals surface area contributed by atoms with Crippen molar-refractivity contribution in [3.63, 3.8) is 0 Å². The SMILES string of the molecule is CC(=O)c1cnc(Nc2ccc(N3CCN(C(=O)N(C)C)CC3)cc2)nc1NC1CC1. The maximum absolute atomic E-state index is 12.1. The van der Waals surface area contributed by atoms with Gasteiger partial charge in [-0.05, 0) is 44.0 Å². The van der Waals surface area contributed by atoms with Crippen molar-refractivity contribution in [1.29, 1.82) is 0 Å². The van der Waals surface area contributed by atoms with Gasteiger partial charge in [-0.2, -0.15) is 4.98 Å². The molecule has 2 aliphatic rings. The van der Waals surface area contributed by atoms with Crippen LogP contribution < -0.4 is 15.5 Å². The standard InChI is InChI=1S/C22H29N7O2/c1-15(30)19-14-23-21(26-20(19)24-16-4-5-16)25-17-6-8-18(9-7-17)28-10-12-29(13-11-28)22(31)27(2)3/h6-9,14,16H,4-5,10-13H2,1-3H3,(H2,23,24,25,26). The van der Waals surface area contributed by atoms with E-state index in [4.69, 9.17) is 0 Å². The molecule has 0 radical (unpaired) electrons.